The van der Waals surface area contributed by atoms with Crippen LogP contribution in [0.2, 0.25) is 0 Å². The predicted octanol–water partition coefficient (Wildman–Crippen LogP) is 4.05. The quantitative estimate of drug-likeness (QED) is 0.382. The fourth-order valence-corrected chi connectivity index (χ4v) is 3.66. The molecule has 1 heterocycles. The number of amides is 1. The maximum absolute atomic E-state index is 12.3. The van der Waals surface area contributed by atoms with Crippen molar-refractivity contribution in [2.24, 2.45) is 0 Å². The average molecular weight is 438 g/mol. The molecule has 0 saturated carbocycles. The Balaban J connectivity index is 1.45. The number of nitrogens with one attached hydrogen (secondary N) is 1. The van der Waals surface area contributed by atoms with Gasteiger partial charge in [0, 0.05) is 18.3 Å². The van der Waals surface area contributed by atoms with E-state index in [1.54, 1.807) is 30.3 Å². The number of hydrogen-bond acceptors (Lipinski definition) is 6. The molecule has 2 aromatic carbocycles. The third kappa shape index (κ3) is 7.08. The molecule has 0 aliphatic carbocycles. The van der Waals surface area contributed by atoms with Crippen LogP contribution in [0.4, 0.5) is 0 Å². The molecular formula is C24H23NO5S. The van der Waals surface area contributed by atoms with Gasteiger partial charge in [-0.15, -0.1) is 11.3 Å². The number of thiophene rings is 1. The molecule has 1 N–H and O–H groups in total. The van der Waals surface area contributed by atoms with Gasteiger partial charge in [-0.3, -0.25) is 9.59 Å². The van der Waals surface area contributed by atoms with Gasteiger partial charge in [-0.25, -0.2) is 4.79 Å². The highest BCUT2D eigenvalue weighted by molar-refractivity contribution is 7.14. The van der Waals surface area contributed by atoms with E-state index in [1.807, 2.05) is 36.4 Å². The molecule has 0 aliphatic rings. The lowest BCUT2D eigenvalue weighted by Gasteiger charge is -2.07. The van der Waals surface area contributed by atoms with Crippen molar-refractivity contribution in [3.63, 3.8) is 0 Å². The number of esters is 1. The lowest BCUT2D eigenvalue weighted by molar-refractivity contribution is -0.118. The van der Waals surface area contributed by atoms with Gasteiger partial charge in [0.1, 0.15) is 12.4 Å². The number of carbonyl (C=O) groups excluding carboxylic acids is 3. The zero-order chi connectivity index (χ0) is 22.1. The molecule has 0 bridgehead atoms. The lowest BCUT2D eigenvalue weighted by Crippen LogP contribution is -2.22. The highest BCUT2D eigenvalue weighted by atomic mass is 32.1. The summed E-state index contributed by atoms with van der Waals surface area (Å²) >= 11 is 1.34. The van der Waals surface area contributed by atoms with E-state index < -0.39 is 5.97 Å². The fourth-order valence-electron chi connectivity index (χ4n) is 2.73. The Kier molecular flexibility index (Phi) is 7.95. The van der Waals surface area contributed by atoms with Crippen LogP contribution in [0.3, 0.4) is 0 Å². The lowest BCUT2D eigenvalue weighted by atomic mass is 10.1. The topological polar surface area (TPSA) is 81.7 Å². The SMILES string of the molecule is CC(=O)NCCc1ccc(C(=O)COC(=O)c2ccc(COc3ccccc3)cc2)s1. The Morgan fingerprint density at radius 1 is 0.935 bits per heavy atom. The number of rotatable bonds is 10. The summed E-state index contributed by atoms with van der Waals surface area (Å²) in [6, 6.07) is 19.9. The van der Waals surface area contributed by atoms with E-state index >= 15 is 0 Å². The summed E-state index contributed by atoms with van der Waals surface area (Å²) in [5, 5.41) is 2.72. The molecule has 0 radical (unpaired) electrons. The van der Waals surface area contributed by atoms with Crippen molar-refractivity contribution in [2.45, 2.75) is 20.0 Å². The first-order valence-corrected chi connectivity index (χ1v) is 10.6. The number of carbonyl (C=O) groups is 3. The molecule has 0 atom stereocenters. The van der Waals surface area contributed by atoms with Gasteiger partial charge in [-0.05, 0) is 48.4 Å². The zero-order valence-corrected chi connectivity index (χ0v) is 17.9. The van der Waals surface area contributed by atoms with Crippen molar-refractivity contribution in [3.05, 3.63) is 87.6 Å². The Bertz CT molecular complexity index is 1030. The van der Waals surface area contributed by atoms with Crippen LogP contribution in [0, 0.1) is 0 Å². The van der Waals surface area contributed by atoms with E-state index in [2.05, 4.69) is 5.32 Å². The van der Waals surface area contributed by atoms with Crippen molar-refractivity contribution in [1.29, 1.82) is 0 Å². The fraction of sp³-hybridized carbons (Fsp3) is 0.208. The van der Waals surface area contributed by atoms with Gasteiger partial charge in [0.05, 0.1) is 10.4 Å². The number of ether oxygens (including phenoxy) is 2. The second-order valence-electron chi connectivity index (χ2n) is 6.80. The Hall–Kier alpha value is -3.45. The molecule has 7 heteroatoms. The van der Waals surface area contributed by atoms with Crippen molar-refractivity contribution in [1.82, 2.24) is 5.32 Å². The molecule has 0 fully saturated rings. The van der Waals surface area contributed by atoms with Crippen LogP contribution in [-0.2, 0) is 22.6 Å². The van der Waals surface area contributed by atoms with E-state index in [-0.39, 0.29) is 18.3 Å². The molecule has 31 heavy (non-hydrogen) atoms. The van der Waals surface area contributed by atoms with Gasteiger partial charge >= 0.3 is 5.97 Å². The minimum absolute atomic E-state index is 0.0866. The van der Waals surface area contributed by atoms with Gasteiger partial charge in [0.2, 0.25) is 11.7 Å². The van der Waals surface area contributed by atoms with Crippen LogP contribution < -0.4 is 10.1 Å². The number of Topliss-reactive ketones (excluding diaryl/α,β-unsaturated/α-hetero) is 1. The summed E-state index contributed by atoms with van der Waals surface area (Å²) in [6.45, 7) is 2.05. The standard InChI is InChI=1S/C24H23NO5S/c1-17(26)25-14-13-21-11-12-23(31-21)22(27)16-30-24(28)19-9-7-18(8-10-19)15-29-20-5-3-2-4-6-20/h2-12H,13-16H2,1H3,(H,25,26). The van der Waals surface area contributed by atoms with Crippen LogP contribution in [0.25, 0.3) is 0 Å². The van der Waals surface area contributed by atoms with E-state index in [1.165, 1.54) is 18.3 Å². The van der Waals surface area contributed by atoms with Crippen molar-refractivity contribution >= 4 is 29.0 Å². The molecule has 1 amide bonds. The number of hydrogen-bond donors (Lipinski definition) is 1. The third-order valence-electron chi connectivity index (χ3n) is 4.35. The summed E-state index contributed by atoms with van der Waals surface area (Å²) in [7, 11) is 0. The Morgan fingerprint density at radius 3 is 2.39 bits per heavy atom. The molecule has 6 nitrogen and oxygen atoms in total. The highest BCUT2D eigenvalue weighted by Gasteiger charge is 2.14. The van der Waals surface area contributed by atoms with E-state index in [0.717, 1.165) is 16.2 Å². The van der Waals surface area contributed by atoms with Gasteiger partial charge in [-0.1, -0.05) is 30.3 Å². The summed E-state index contributed by atoms with van der Waals surface area (Å²) in [5.41, 5.74) is 1.29. The van der Waals surface area contributed by atoms with Crippen LogP contribution in [-0.4, -0.2) is 30.8 Å². The second kappa shape index (κ2) is 11.1. The molecule has 1 aromatic heterocycles. The van der Waals surface area contributed by atoms with Crippen LogP contribution in [0.15, 0.2) is 66.7 Å². The first-order valence-electron chi connectivity index (χ1n) is 9.81. The molecule has 3 rings (SSSR count). The Morgan fingerprint density at radius 2 is 1.68 bits per heavy atom. The van der Waals surface area contributed by atoms with Crippen LogP contribution >= 0.6 is 11.3 Å². The first-order chi connectivity index (χ1) is 15.0. The Labute approximate surface area is 184 Å². The smallest absolute Gasteiger partial charge is 0.338 e. The van der Waals surface area contributed by atoms with Gasteiger partial charge < -0.3 is 14.8 Å². The summed E-state index contributed by atoms with van der Waals surface area (Å²) < 4.78 is 10.8. The largest absolute Gasteiger partial charge is 0.489 e. The maximum atomic E-state index is 12.3. The molecule has 160 valence electrons. The van der Waals surface area contributed by atoms with Gasteiger partial charge in [-0.2, -0.15) is 0 Å². The van der Waals surface area contributed by atoms with Gasteiger partial charge in [0.25, 0.3) is 0 Å². The van der Waals surface area contributed by atoms with Gasteiger partial charge in [0.15, 0.2) is 6.61 Å². The third-order valence-corrected chi connectivity index (χ3v) is 5.54. The zero-order valence-electron chi connectivity index (χ0n) is 17.1. The first kappa shape index (κ1) is 22.2. The predicted molar refractivity (Wildman–Crippen MR) is 119 cm³/mol. The summed E-state index contributed by atoms with van der Waals surface area (Å²) in [4.78, 5) is 37.0. The minimum Gasteiger partial charge on any atom is -0.489 e. The summed E-state index contributed by atoms with van der Waals surface area (Å²) in [6.07, 6.45) is 0.650. The highest BCUT2D eigenvalue weighted by Crippen LogP contribution is 2.18. The molecule has 0 aliphatic heterocycles. The van der Waals surface area contributed by atoms with Crippen LogP contribution in [0.1, 0.15) is 37.4 Å². The second-order valence-corrected chi connectivity index (χ2v) is 7.97. The van der Waals surface area contributed by atoms with Crippen LogP contribution in [0.5, 0.6) is 5.75 Å². The van der Waals surface area contributed by atoms with E-state index in [4.69, 9.17) is 9.47 Å². The average Bonchev–Trinajstić information content (AvgIpc) is 3.25. The number of ketones is 1. The molecule has 0 unspecified atom stereocenters. The molecule has 3 aromatic rings. The van der Waals surface area contributed by atoms with Crippen molar-refractivity contribution in [2.75, 3.05) is 13.2 Å². The van der Waals surface area contributed by atoms with E-state index in [0.29, 0.717) is 30.0 Å². The number of benzene rings is 2. The van der Waals surface area contributed by atoms with E-state index in [9.17, 15) is 14.4 Å². The van der Waals surface area contributed by atoms with Crippen molar-refractivity contribution in [3.8, 4) is 5.75 Å². The molecule has 0 spiro atoms. The monoisotopic (exact) mass is 437 g/mol. The molecular weight excluding hydrogens is 414 g/mol. The number of para-hydroxylation sites is 1. The normalized spacial score (nSPS) is 10.4. The molecule has 0 saturated heterocycles. The minimum atomic E-state index is -0.550. The maximum Gasteiger partial charge on any atom is 0.338 e. The summed E-state index contributed by atoms with van der Waals surface area (Å²) in [5.74, 6) is -0.115. The van der Waals surface area contributed by atoms with Crippen molar-refractivity contribution < 1.29 is 23.9 Å².